The van der Waals surface area contributed by atoms with Crippen molar-refractivity contribution >= 4 is 0 Å². The molecule has 0 radical (unpaired) electrons. The second kappa shape index (κ2) is 6.66. The molecule has 4 nitrogen and oxygen atoms in total. The first-order chi connectivity index (χ1) is 8.75. The smallest absolute Gasteiger partial charge is 0.101 e. The average Bonchev–Trinajstić information content (AvgIpc) is 2.34. The number of hydrogen-bond acceptors (Lipinski definition) is 4. The maximum atomic E-state index is 10.3. The molecule has 0 bridgehead atoms. The Morgan fingerprint density at radius 2 is 1.58 bits per heavy atom. The average molecular weight is 270 g/mol. The molecular weight excluding hydrogens is 244 g/mol. The summed E-state index contributed by atoms with van der Waals surface area (Å²) in [5.74, 6) is 0.109. The highest BCUT2D eigenvalue weighted by molar-refractivity contribution is 5.13. The normalized spacial score (nSPS) is 38.6. The molecule has 0 aromatic heterocycles. The van der Waals surface area contributed by atoms with Crippen LogP contribution in [-0.2, 0) is 0 Å². The Morgan fingerprint density at radius 1 is 1.00 bits per heavy atom. The van der Waals surface area contributed by atoms with Crippen molar-refractivity contribution in [3.63, 3.8) is 0 Å². The zero-order chi connectivity index (χ0) is 14.7. The van der Waals surface area contributed by atoms with Crippen LogP contribution in [0.1, 0.15) is 33.1 Å². The number of aliphatic hydroxyl groups is 4. The molecule has 4 N–H and O–H groups in total. The minimum absolute atomic E-state index is 0.0588. The molecule has 5 atom stereocenters. The topological polar surface area (TPSA) is 80.9 Å². The molecule has 0 amide bonds. The van der Waals surface area contributed by atoms with Gasteiger partial charge in [-0.3, -0.25) is 0 Å². The minimum atomic E-state index is -1.07. The SMILES string of the molecule is C=C1CCC(C(C)C)C(O)C(O)C(=C)CC(O)C1O. The molecule has 5 unspecified atom stereocenters. The summed E-state index contributed by atoms with van der Waals surface area (Å²) in [6.45, 7) is 11.5. The molecule has 0 aromatic rings. The van der Waals surface area contributed by atoms with Crippen LogP contribution >= 0.6 is 0 Å². The van der Waals surface area contributed by atoms with Gasteiger partial charge in [-0.05, 0) is 42.2 Å². The van der Waals surface area contributed by atoms with Crippen LogP contribution in [-0.4, -0.2) is 44.8 Å². The summed E-state index contributed by atoms with van der Waals surface area (Å²) in [5, 5.41) is 40.1. The molecule has 1 rings (SSSR count). The summed E-state index contributed by atoms with van der Waals surface area (Å²) in [4.78, 5) is 0. The summed E-state index contributed by atoms with van der Waals surface area (Å²) < 4.78 is 0. The lowest BCUT2D eigenvalue weighted by molar-refractivity contribution is -0.0274. The van der Waals surface area contributed by atoms with Gasteiger partial charge in [0.15, 0.2) is 0 Å². The molecule has 0 aliphatic heterocycles. The van der Waals surface area contributed by atoms with Crippen LogP contribution in [0, 0.1) is 11.8 Å². The molecule has 4 heteroatoms. The van der Waals surface area contributed by atoms with Crippen molar-refractivity contribution in [2.45, 2.75) is 57.5 Å². The van der Waals surface area contributed by atoms with Crippen molar-refractivity contribution in [1.29, 1.82) is 0 Å². The number of aliphatic hydroxyl groups excluding tert-OH is 4. The van der Waals surface area contributed by atoms with E-state index in [0.717, 1.165) is 0 Å². The molecule has 0 heterocycles. The maximum Gasteiger partial charge on any atom is 0.101 e. The first-order valence-corrected chi connectivity index (χ1v) is 6.83. The van der Waals surface area contributed by atoms with E-state index < -0.39 is 24.4 Å². The van der Waals surface area contributed by atoms with Gasteiger partial charge in [-0.25, -0.2) is 0 Å². The lowest BCUT2D eigenvalue weighted by Gasteiger charge is -2.34. The minimum Gasteiger partial charge on any atom is -0.390 e. The van der Waals surface area contributed by atoms with Gasteiger partial charge in [0, 0.05) is 0 Å². The third-order valence-electron chi connectivity index (χ3n) is 4.09. The largest absolute Gasteiger partial charge is 0.390 e. The first kappa shape index (κ1) is 16.4. The van der Waals surface area contributed by atoms with Crippen molar-refractivity contribution in [2.24, 2.45) is 11.8 Å². The van der Waals surface area contributed by atoms with Crippen LogP contribution in [0.2, 0.25) is 0 Å². The highest BCUT2D eigenvalue weighted by Crippen LogP contribution is 2.30. The van der Waals surface area contributed by atoms with E-state index in [1.807, 2.05) is 13.8 Å². The third-order valence-corrected chi connectivity index (χ3v) is 4.09. The predicted molar refractivity (Wildman–Crippen MR) is 74.5 cm³/mol. The van der Waals surface area contributed by atoms with Gasteiger partial charge in [-0.15, -0.1) is 0 Å². The molecule has 1 aliphatic rings. The highest BCUT2D eigenvalue weighted by Gasteiger charge is 2.33. The lowest BCUT2D eigenvalue weighted by Crippen LogP contribution is -2.40. The van der Waals surface area contributed by atoms with Gasteiger partial charge in [0.05, 0.1) is 12.2 Å². The molecule has 1 saturated carbocycles. The quantitative estimate of drug-likeness (QED) is 0.536. The highest BCUT2D eigenvalue weighted by atomic mass is 16.3. The van der Waals surface area contributed by atoms with Crippen LogP contribution in [0.5, 0.6) is 0 Å². The Balaban J connectivity index is 2.96. The molecule has 19 heavy (non-hydrogen) atoms. The molecule has 1 aliphatic carbocycles. The van der Waals surface area contributed by atoms with E-state index in [9.17, 15) is 20.4 Å². The van der Waals surface area contributed by atoms with Crippen molar-refractivity contribution in [3.05, 3.63) is 24.3 Å². The van der Waals surface area contributed by atoms with E-state index in [4.69, 9.17) is 0 Å². The summed E-state index contributed by atoms with van der Waals surface area (Å²) in [6, 6.07) is 0. The molecule has 0 aromatic carbocycles. The van der Waals surface area contributed by atoms with E-state index >= 15 is 0 Å². The van der Waals surface area contributed by atoms with Gasteiger partial charge in [0.1, 0.15) is 12.2 Å². The van der Waals surface area contributed by atoms with Crippen LogP contribution in [0.3, 0.4) is 0 Å². The fraction of sp³-hybridized carbons (Fsp3) is 0.733. The Hall–Kier alpha value is -0.680. The van der Waals surface area contributed by atoms with E-state index in [1.165, 1.54) is 0 Å². The molecular formula is C15H26O4. The van der Waals surface area contributed by atoms with Crippen LogP contribution < -0.4 is 0 Å². The Bertz CT molecular complexity index is 337. The third kappa shape index (κ3) is 3.89. The monoisotopic (exact) mass is 270 g/mol. The van der Waals surface area contributed by atoms with E-state index in [2.05, 4.69) is 13.2 Å². The van der Waals surface area contributed by atoms with Gasteiger partial charge in [0.25, 0.3) is 0 Å². The zero-order valence-electron chi connectivity index (χ0n) is 11.8. The van der Waals surface area contributed by atoms with E-state index in [-0.39, 0.29) is 18.3 Å². The van der Waals surface area contributed by atoms with Gasteiger partial charge >= 0.3 is 0 Å². The molecule has 110 valence electrons. The van der Waals surface area contributed by atoms with Crippen LogP contribution in [0.25, 0.3) is 0 Å². The Morgan fingerprint density at radius 3 is 2.11 bits per heavy atom. The zero-order valence-corrected chi connectivity index (χ0v) is 11.8. The maximum absolute atomic E-state index is 10.3. The Labute approximate surface area is 115 Å². The summed E-state index contributed by atoms with van der Waals surface area (Å²) in [7, 11) is 0. The van der Waals surface area contributed by atoms with Crippen molar-refractivity contribution in [3.8, 4) is 0 Å². The number of hydrogen-bond donors (Lipinski definition) is 4. The van der Waals surface area contributed by atoms with Gasteiger partial charge in [-0.2, -0.15) is 0 Å². The predicted octanol–water partition coefficient (Wildman–Crippen LogP) is 0.998. The van der Waals surface area contributed by atoms with E-state index in [1.54, 1.807) is 0 Å². The standard InChI is InChI=1S/C15H26O4/c1-8(2)11-6-5-9(3)13(17)12(16)7-10(4)14(18)15(11)19/h8,11-19H,3-7H2,1-2H3. The van der Waals surface area contributed by atoms with Crippen molar-refractivity contribution < 1.29 is 20.4 Å². The van der Waals surface area contributed by atoms with Gasteiger partial charge < -0.3 is 20.4 Å². The second-order valence-electron chi connectivity index (χ2n) is 5.91. The van der Waals surface area contributed by atoms with Gasteiger partial charge in [-0.1, -0.05) is 27.0 Å². The summed E-state index contributed by atoms with van der Waals surface area (Å²) in [5.41, 5.74) is 0.911. The molecule has 0 spiro atoms. The van der Waals surface area contributed by atoms with Gasteiger partial charge in [0.2, 0.25) is 0 Å². The summed E-state index contributed by atoms with van der Waals surface area (Å²) in [6.07, 6.45) is -2.81. The van der Waals surface area contributed by atoms with Crippen molar-refractivity contribution in [2.75, 3.05) is 0 Å². The lowest BCUT2D eigenvalue weighted by atomic mass is 9.78. The molecule has 0 saturated heterocycles. The fourth-order valence-electron chi connectivity index (χ4n) is 2.65. The van der Waals surface area contributed by atoms with Crippen molar-refractivity contribution in [1.82, 2.24) is 0 Å². The van der Waals surface area contributed by atoms with Crippen LogP contribution in [0.4, 0.5) is 0 Å². The molecule has 1 fully saturated rings. The summed E-state index contributed by atoms with van der Waals surface area (Å²) >= 11 is 0. The van der Waals surface area contributed by atoms with E-state index in [0.29, 0.717) is 24.0 Å². The first-order valence-electron chi connectivity index (χ1n) is 6.83. The number of rotatable bonds is 1. The fourth-order valence-corrected chi connectivity index (χ4v) is 2.65. The Kier molecular flexibility index (Phi) is 5.74. The second-order valence-corrected chi connectivity index (χ2v) is 5.91. The van der Waals surface area contributed by atoms with Crippen LogP contribution in [0.15, 0.2) is 24.3 Å².